The number of thiazole rings is 1. The zero-order chi connectivity index (χ0) is 14.1. The minimum absolute atomic E-state index is 0.252. The largest absolute Gasteiger partial charge is 0.384 e. The molecule has 0 atom stereocenters. The van der Waals surface area contributed by atoms with Crippen LogP contribution in [0.2, 0.25) is 5.02 Å². The number of nitrogens with one attached hydrogen (secondary N) is 1. The highest BCUT2D eigenvalue weighted by atomic mass is 35.5. The highest BCUT2D eigenvalue weighted by Gasteiger charge is 2.11. The van der Waals surface area contributed by atoms with Gasteiger partial charge in [0.05, 0.1) is 10.2 Å². The number of nitrogens with two attached hydrogens (primary N) is 1. The Balaban J connectivity index is 1.87. The van der Waals surface area contributed by atoms with Gasteiger partial charge in [0.25, 0.3) is 5.91 Å². The molecule has 1 aromatic carbocycles. The zero-order valence-electron chi connectivity index (χ0n) is 10.1. The van der Waals surface area contributed by atoms with E-state index in [0.717, 1.165) is 10.2 Å². The van der Waals surface area contributed by atoms with Gasteiger partial charge in [-0.25, -0.2) is 9.97 Å². The van der Waals surface area contributed by atoms with Gasteiger partial charge in [-0.3, -0.25) is 10.1 Å². The maximum Gasteiger partial charge on any atom is 0.276 e. The molecular formula is C13H9ClN4OS. The van der Waals surface area contributed by atoms with Crippen LogP contribution in [0.25, 0.3) is 10.2 Å². The molecule has 0 aliphatic heterocycles. The fourth-order valence-electron chi connectivity index (χ4n) is 1.69. The predicted molar refractivity (Wildman–Crippen MR) is 81.2 cm³/mol. The van der Waals surface area contributed by atoms with E-state index in [0.29, 0.717) is 16.0 Å². The molecular weight excluding hydrogens is 296 g/mol. The first kappa shape index (κ1) is 12.8. The minimum Gasteiger partial charge on any atom is -0.384 e. The first-order valence-electron chi connectivity index (χ1n) is 5.72. The third kappa shape index (κ3) is 2.56. The van der Waals surface area contributed by atoms with Crippen molar-refractivity contribution in [1.82, 2.24) is 9.97 Å². The van der Waals surface area contributed by atoms with Crippen LogP contribution in [0.1, 0.15) is 10.5 Å². The molecule has 7 heteroatoms. The second kappa shape index (κ2) is 5.07. The minimum atomic E-state index is -0.345. The van der Waals surface area contributed by atoms with Crippen LogP contribution in [0.3, 0.4) is 0 Å². The number of fused-ring (bicyclic) bond motifs is 1. The second-order valence-corrected chi connectivity index (χ2v) is 5.50. The van der Waals surface area contributed by atoms with Crippen LogP contribution < -0.4 is 11.1 Å². The van der Waals surface area contributed by atoms with Crippen molar-refractivity contribution in [2.45, 2.75) is 0 Å². The number of pyridine rings is 1. The SMILES string of the molecule is Nc1cccc(C(=O)Nc2nc3ccc(Cl)cc3s2)n1. The highest BCUT2D eigenvalue weighted by Crippen LogP contribution is 2.28. The van der Waals surface area contributed by atoms with Crippen molar-refractivity contribution >= 4 is 50.0 Å². The van der Waals surface area contributed by atoms with Crippen LogP contribution in [0, 0.1) is 0 Å². The molecule has 0 saturated heterocycles. The quantitative estimate of drug-likeness (QED) is 0.762. The van der Waals surface area contributed by atoms with E-state index in [1.807, 2.05) is 12.1 Å². The van der Waals surface area contributed by atoms with Crippen LogP contribution in [-0.4, -0.2) is 15.9 Å². The van der Waals surface area contributed by atoms with E-state index in [4.69, 9.17) is 17.3 Å². The Bertz CT molecular complexity index is 802. The monoisotopic (exact) mass is 304 g/mol. The Morgan fingerprint density at radius 1 is 1.25 bits per heavy atom. The van der Waals surface area contributed by atoms with Gasteiger partial charge >= 0.3 is 0 Å². The number of halogens is 1. The van der Waals surface area contributed by atoms with Crippen molar-refractivity contribution in [3.05, 3.63) is 47.1 Å². The number of anilines is 2. The van der Waals surface area contributed by atoms with Gasteiger partial charge in [-0.1, -0.05) is 29.0 Å². The number of nitrogen functional groups attached to an aromatic ring is 1. The molecule has 0 aliphatic carbocycles. The van der Waals surface area contributed by atoms with Crippen molar-refractivity contribution in [1.29, 1.82) is 0 Å². The van der Waals surface area contributed by atoms with Gasteiger partial charge in [0, 0.05) is 5.02 Å². The molecule has 3 aromatic rings. The number of carbonyl (C=O) groups is 1. The maximum atomic E-state index is 12.0. The molecule has 0 unspecified atom stereocenters. The summed E-state index contributed by atoms with van der Waals surface area (Å²) in [6, 6.07) is 10.3. The van der Waals surface area contributed by atoms with E-state index < -0.39 is 0 Å². The lowest BCUT2D eigenvalue weighted by molar-refractivity contribution is 0.102. The van der Waals surface area contributed by atoms with Gasteiger partial charge in [0.2, 0.25) is 0 Å². The zero-order valence-corrected chi connectivity index (χ0v) is 11.7. The van der Waals surface area contributed by atoms with Crippen LogP contribution in [-0.2, 0) is 0 Å². The van der Waals surface area contributed by atoms with Crippen LogP contribution in [0.5, 0.6) is 0 Å². The highest BCUT2D eigenvalue weighted by molar-refractivity contribution is 7.22. The number of hydrogen-bond acceptors (Lipinski definition) is 5. The molecule has 100 valence electrons. The normalized spacial score (nSPS) is 10.7. The van der Waals surface area contributed by atoms with Crippen molar-refractivity contribution in [3.63, 3.8) is 0 Å². The lowest BCUT2D eigenvalue weighted by Gasteiger charge is -2.01. The summed E-state index contributed by atoms with van der Waals surface area (Å²) in [6.07, 6.45) is 0. The molecule has 2 heterocycles. The third-order valence-electron chi connectivity index (χ3n) is 2.57. The molecule has 3 N–H and O–H groups in total. The number of aromatic nitrogens is 2. The van der Waals surface area contributed by atoms with E-state index in [2.05, 4.69) is 15.3 Å². The van der Waals surface area contributed by atoms with E-state index in [-0.39, 0.29) is 11.6 Å². The average molecular weight is 305 g/mol. The van der Waals surface area contributed by atoms with E-state index in [1.54, 1.807) is 24.3 Å². The Kier molecular flexibility index (Phi) is 3.25. The van der Waals surface area contributed by atoms with Gasteiger partial charge in [0.1, 0.15) is 11.5 Å². The molecule has 3 rings (SSSR count). The number of benzene rings is 1. The number of hydrogen-bond donors (Lipinski definition) is 2. The Morgan fingerprint density at radius 2 is 2.10 bits per heavy atom. The molecule has 0 aliphatic rings. The van der Waals surface area contributed by atoms with E-state index in [9.17, 15) is 4.79 Å². The molecule has 20 heavy (non-hydrogen) atoms. The summed E-state index contributed by atoms with van der Waals surface area (Å²) in [4.78, 5) is 20.3. The molecule has 0 radical (unpaired) electrons. The van der Waals surface area contributed by atoms with Gasteiger partial charge in [-0.2, -0.15) is 0 Å². The molecule has 0 fully saturated rings. The second-order valence-electron chi connectivity index (χ2n) is 4.03. The molecule has 0 saturated carbocycles. The van der Waals surface area contributed by atoms with E-state index >= 15 is 0 Å². The Hall–Kier alpha value is -2.18. The Labute approximate surface area is 123 Å². The van der Waals surface area contributed by atoms with Crippen LogP contribution in [0.4, 0.5) is 10.9 Å². The van der Waals surface area contributed by atoms with E-state index in [1.165, 1.54) is 11.3 Å². The molecule has 1 amide bonds. The summed E-state index contributed by atoms with van der Waals surface area (Å²) in [7, 11) is 0. The predicted octanol–water partition coefficient (Wildman–Crippen LogP) is 3.18. The first-order chi connectivity index (χ1) is 9.61. The molecule has 2 aromatic heterocycles. The molecule has 0 spiro atoms. The first-order valence-corrected chi connectivity index (χ1v) is 6.91. The molecule has 5 nitrogen and oxygen atoms in total. The standard InChI is InChI=1S/C13H9ClN4OS/c14-7-4-5-8-10(6-7)20-13(17-8)18-12(19)9-2-1-3-11(15)16-9/h1-6H,(H2,15,16)(H,17,18,19). The number of amides is 1. The van der Waals surface area contributed by atoms with Gasteiger partial charge in [-0.15, -0.1) is 0 Å². The van der Waals surface area contributed by atoms with Crippen molar-refractivity contribution in [2.75, 3.05) is 11.1 Å². The maximum absolute atomic E-state index is 12.0. The summed E-state index contributed by atoms with van der Waals surface area (Å²) in [5.41, 5.74) is 6.59. The smallest absolute Gasteiger partial charge is 0.276 e. The van der Waals surface area contributed by atoms with Crippen molar-refractivity contribution in [3.8, 4) is 0 Å². The van der Waals surface area contributed by atoms with Gasteiger partial charge < -0.3 is 5.73 Å². The fourth-order valence-corrected chi connectivity index (χ4v) is 2.83. The summed E-state index contributed by atoms with van der Waals surface area (Å²) in [5.74, 6) is -0.0452. The fraction of sp³-hybridized carbons (Fsp3) is 0. The third-order valence-corrected chi connectivity index (χ3v) is 3.74. The van der Waals surface area contributed by atoms with Crippen LogP contribution in [0.15, 0.2) is 36.4 Å². The number of rotatable bonds is 2. The molecule has 0 bridgehead atoms. The van der Waals surface area contributed by atoms with Crippen LogP contribution >= 0.6 is 22.9 Å². The van der Waals surface area contributed by atoms with Crippen molar-refractivity contribution < 1.29 is 4.79 Å². The topological polar surface area (TPSA) is 80.9 Å². The lowest BCUT2D eigenvalue weighted by Crippen LogP contribution is -2.13. The lowest BCUT2D eigenvalue weighted by atomic mass is 10.3. The average Bonchev–Trinajstić information content (AvgIpc) is 2.80. The van der Waals surface area contributed by atoms with Gasteiger partial charge in [0.15, 0.2) is 5.13 Å². The summed E-state index contributed by atoms with van der Waals surface area (Å²) in [6.45, 7) is 0. The Morgan fingerprint density at radius 3 is 2.90 bits per heavy atom. The number of carbonyl (C=O) groups excluding carboxylic acids is 1. The van der Waals surface area contributed by atoms with Gasteiger partial charge in [-0.05, 0) is 30.3 Å². The summed E-state index contributed by atoms with van der Waals surface area (Å²) >= 11 is 7.27. The number of nitrogens with zero attached hydrogens (tertiary/aromatic N) is 2. The summed E-state index contributed by atoms with van der Waals surface area (Å²) in [5, 5.41) is 3.83. The van der Waals surface area contributed by atoms with Crippen molar-refractivity contribution in [2.24, 2.45) is 0 Å². The summed E-state index contributed by atoms with van der Waals surface area (Å²) < 4.78 is 0.910.